The summed E-state index contributed by atoms with van der Waals surface area (Å²) in [6, 6.07) is 5.89. The molecule has 0 radical (unpaired) electrons. The number of benzene rings is 1. The lowest BCUT2D eigenvalue weighted by molar-refractivity contribution is 0.197. The molecule has 0 spiro atoms. The molecule has 3 unspecified atom stereocenters. The van der Waals surface area contributed by atoms with Gasteiger partial charge in [-0.1, -0.05) is 44.0 Å². The number of halogens is 2. The summed E-state index contributed by atoms with van der Waals surface area (Å²) in [6.45, 7) is 5.51. The first-order chi connectivity index (χ1) is 10.2. The van der Waals surface area contributed by atoms with Crippen molar-refractivity contribution in [3.8, 4) is 0 Å². The molecule has 0 bridgehead atoms. The van der Waals surface area contributed by atoms with Crippen molar-refractivity contribution in [3.63, 3.8) is 0 Å². The molecule has 1 aliphatic rings. The van der Waals surface area contributed by atoms with Gasteiger partial charge in [-0.25, -0.2) is 4.39 Å². The number of hydrogen-bond donors (Lipinski definition) is 1. The van der Waals surface area contributed by atoms with E-state index in [-0.39, 0.29) is 10.8 Å². The van der Waals surface area contributed by atoms with Crippen LogP contribution in [0.3, 0.4) is 0 Å². The van der Waals surface area contributed by atoms with E-state index in [4.69, 9.17) is 11.6 Å². The average Bonchev–Trinajstić information content (AvgIpc) is 2.50. The second kappa shape index (κ2) is 8.14. The Balaban J connectivity index is 2.09. The van der Waals surface area contributed by atoms with Gasteiger partial charge in [-0.2, -0.15) is 0 Å². The molecule has 0 aliphatic heterocycles. The van der Waals surface area contributed by atoms with Crippen LogP contribution in [0.25, 0.3) is 0 Å². The van der Waals surface area contributed by atoms with Gasteiger partial charge in [0.2, 0.25) is 0 Å². The molecule has 1 saturated carbocycles. The van der Waals surface area contributed by atoms with E-state index in [9.17, 15) is 4.39 Å². The van der Waals surface area contributed by atoms with Gasteiger partial charge >= 0.3 is 0 Å². The Bertz CT molecular complexity index is 449. The highest BCUT2D eigenvalue weighted by Crippen LogP contribution is 2.34. The van der Waals surface area contributed by atoms with Crippen LogP contribution in [-0.4, -0.2) is 12.6 Å². The standard InChI is InChI=1S/C18H27ClFN/c1-3-10-21-17-9-8-13(4-2)11-15(17)12-14-6-5-7-16(19)18(14)20/h5-7,13,15,17,21H,3-4,8-12H2,1-2H3. The summed E-state index contributed by atoms with van der Waals surface area (Å²) in [4.78, 5) is 0. The maximum atomic E-state index is 14.2. The number of hydrogen-bond acceptors (Lipinski definition) is 1. The fraction of sp³-hybridized carbons (Fsp3) is 0.667. The highest BCUT2D eigenvalue weighted by molar-refractivity contribution is 6.30. The maximum Gasteiger partial charge on any atom is 0.144 e. The first-order valence-electron chi connectivity index (χ1n) is 8.31. The lowest BCUT2D eigenvalue weighted by Gasteiger charge is -2.37. The summed E-state index contributed by atoms with van der Waals surface area (Å²) in [7, 11) is 0. The Morgan fingerprint density at radius 2 is 2.10 bits per heavy atom. The summed E-state index contributed by atoms with van der Waals surface area (Å²) in [5.41, 5.74) is 0.771. The summed E-state index contributed by atoms with van der Waals surface area (Å²) < 4.78 is 14.2. The van der Waals surface area contributed by atoms with Crippen molar-refractivity contribution >= 4 is 11.6 Å². The first kappa shape index (κ1) is 16.8. The monoisotopic (exact) mass is 311 g/mol. The third-order valence-electron chi connectivity index (χ3n) is 4.84. The molecule has 0 heterocycles. The molecule has 0 amide bonds. The van der Waals surface area contributed by atoms with E-state index in [1.165, 1.54) is 25.7 Å². The van der Waals surface area contributed by atoms with Crippen LogP contribution in [0, 0.1) is 17.7 Å². The molecular formula is C18H27ClFN. The zero-order valence-electron chi connectivity index (χ0n) is 13.2. The Morgan fingerprint density at radius 3 is 2.81 bits per heavy atom. The molecular weight excluding hydrogens is 285 g/mol. The van der Waals surface area contributed by atoms with Crippen molar-refractivity contribution in [1.82, 2.24) is 5.32 Å². The second-order valence-corrected chi connectivity index (χ2v) is 6.73. The van der Waals surface area contributed by atoms with Gasteiger partial charge in [0.15, 0.2) is 0 Å². The van der Waals surface area contributed by atoms with Gasteiger partial charge < -0.3 is 5.32 Å². The Kier molecular flexibility index (Phi) is 6.50. The molecule has 0 saturated heterocycles. The van der Waals surface area contributed by atoms with Crippen LogP contribution in [0.1, 0.15) is 51.5 Å². The molecule has 21 heavy (non-hydrogen) atoms. The fourth-order valence-corrected chi connectivity index (χ4v) is 3.74. The van der Waals surface area contributed by atoms with Gasteiger partial charge in [-0.15, -0.1) is 0 Å². The Labute approximate surface area is 133 Å². The minimum absolute atomic E-state index is 0.230. The van der Waals surface area contributed by atoms with Gasteiger partial charge in [-0.05, 0) is 62.1 Å². The van der Waals surface area contributed by atoms with E-state index in [1.807, 2.05) is 12.1 Å². The number of nitrogens with one attached hydrogen (secondary N) is 1. The molecule has 0 aromatic heterocycles. The smallest absolute Gasteiger partial charge is 0.144 e. The summed E-state index contributed by atoms with van der Waals surface area (Å²) in [6.07, 6.45) is 6.88. The van der Waals surface area contributed by atoms with Crippen LogP contribution in [0.2, 0.25) is 5.02 Å². The molecule has 118 valence electrons. The molecule has 3 heteroatoms. The fourth-order valence-electron chi connectivity index (χ4n) is 3.54. The molecule has 1 N–H and O–H groups in total. The highest BCUT2D eigenvalue weighted by Gasteiger charge is 2.30. The average molecular weight is 312 g/mol. The van der Waals surface area contributed by atoms with Crippen molar-refractivity contribution in [1.29, 1.82) is 0 Å². The molecule has 1 aromatic carbocycles. The van der Waals surface area contributed by atoms with E-state index in [1.54, 1.807) is 6.07 Å². The second-order valence-electron chi connectivity index (χ2n) is 6.33. The Morgan fingerprint density at radius 1 is 1.29 bits per heavy atom. The van der Waals surface area contributed by atoms with Crippen LogP contribution in [0.15, 0.2) is 18.2 Å². The van der Waals surface area contributed by atoms with Gasteiger partial charge in [0.1, 0.15) is 5.82 Å². The van der Waals surface area contributed by atoms with Gasteiger partial charge in [0, 0.05) is 6.04 Å². The van der Waals surface area contributed by atoms with E-state index >= 15 is 0 Å². The van der Waals surface area contributed by atoms with E-state index < -0.39 is 0 Å². The predicted molar refractivity (Wildman–Crippen MR) is 88.3 cm³/mol. The molecule has 2 rings (SSSR count). The first-order valence-corrected chi connectivity index (χ1v) is 8.69. The lowest BCUT2D eigenvalue weighted by Crippen LogP contribution is -2.42. The van der Waals surface area contributed by atoms with Gasteiger partial charge in [-0.3, -0.25) is 0 Å². The molecule has 1 fully saturated rings. The molecule has 1 aliphatic carbocycles. The molecule has 1 aromatic rings. The highest BCUT2D eigenvalue weighted by atomic mass is 35.5. The minimum atomic E-state index is -0.230. The Hall–Kier alpha value is -0.600. The van der Waals surface area contributed by atoms with Crippen LogP contribution in [-0.2, 0) is 6.42 Å². The minimum Gasteiger partial charge on any atom is -0.314 e. The molecule has 3 atom stereocenters. The maximum absolute atomic E-state index is 14.2. The quantitative estimate of drug-likeness (QED) is 0.760. The largest absolute Gasteiger partial charge is 0.314 e. The van der Waals surface area contributed by atoms with Crippen LogP contribution in [0.4, 0.5) is 4.39 Å². The number of rotatable bonds is 6. The third kappa shape index (κ3) is 4.43. The van der Waals surface area contributed by atoms with Gasteiger partial charge in [0.05, 0.1) is 5.02 Å². The zero-order chi connectivity index (χ0) is 15.2. The normalized spacial score (nSPS) is 26.0. The summed E-state index contributed by atoms with van der Waals surface area (Å²) in [5.74, 6) is 1.08. The third-order valence-corrected chi connectivity index (χ3v) is 5.13. The van der Waals surface area contributed by atoms with Crippen molar-refractivity contribution in [2.75, 3.05) is 6.54 Å². The van der Waals surface area contributed by atoms with Crippen molar-refractivity contribution < 1.29 is 4.39 Å². The van der Waals surface area contributed by atoms with Crippen LogP contribution < -0.4 is 5.32 Å². The van der Waals surface area contributed by atoms with Crippen LogP contribution in [0.5, 0.6) is 0 Å². The van der Waals surface area contributed by atoms with Crippen molar-refractivity contribution in [2.24, 2.45) is 11.8 Å². The topological polar surface area (TPSA) is 12.0 Å². The van der Waals surface area contributed by atoms with E-state index in [0.29, 0.717) is 12.0 Å². The predicted octanol–water partition coefficient (Wildman–Crippen LogP) is 5.22. The van der Waals surface area contributed by atoms with Crippen molar-refractivity contribution in [3.05, 3.63) is 34.6 Å². The lowest BCUT2D eigenvalue weighted by atomic mass is 9.74. The summed E-state index contributed by atoms with van der Waals surface area (Å²) >= 11 is 5.92. The SMILES string of the molecule is CCCNC1CCC(CC)CC1Cc1cccc(Cl)c1F. The van der Waals surface area contributed by atoms with E-state index in [2.05, 4.69) is 19.2 Å². The zero-order valence-corrected chi connectivity index (χ0v) is 13.9. The van der Waals surface area contributed by atoms with Gasteiger partial charge in [0.25, 0.3) is 0 Å². The van der Waals surface area contributed by atoms with Crippen LogP contribution >= 0.6 is 11.6 Å². The van der Waals surface area contributed by atoms with Crippen molar-refractivity contribution in [2.45, 2.75) is 58.4 Å². The molecule has 1 nitrogen and oxygen atoms in total. The van der Waals surface area contributed by atoms with E-state index in [0.717, 1.165) is 30.9 Å². The summed E-state index contributed by atoms with van der Waals surface area (Å²) in [5, 5.41) is 3.91.